The van der Waals surface area contributed by atoms with Gasteiger partial charge in [0.05, 0.1) is 7.11 Å². The fourth-order valence-electron chi connectivity index (χ4n) is 1.70. The lowest BCUT2D eigenvalue weighted by Gasteiger charge is -2.18. The lowest BCUT2D eigenvalue weighted by molar-refractivity contribution is 0.405. The molecule has 0 aromatic heterocycles. The molecule has 3 nitrogen and oxygen atoms in total. The van der Waals surface area contributed by atoms with Crippen LogP contribution in [0.5, 0.6) is 0 Å². The molecule has 0 aliphatic heterocycles. The highest BCUT2D eigenvalue weighted by Gasteiger charge is 2.06. The minimum atomic E-state index is 0.448. The van der Waals surface area contributed by atoms with Crippen LogP contribution in [0.3, 0.4) is 0 Å². The predicted molar refractivity (Wildman–Crippen MR) is 84.2 cm³/mol. The molecular weight excluding hydrogens is 256 g/mol. The molecule has 2 aromatic rings. The molecule has 98 valence electrons. The summed E-state index contributed by atoms with van der Waals surface area (Å²) >= 11 is 5.09. The van der Waals surface area contributed by atoms with E-state index < -0.39 is 0 Å². The lowest BCUT2D eigenvalue weighted by Crippen LogP contribution is -2.25. The van der Waals surface area contributed by atoms with Crippen molar-refractivity contribution in [1.29, 1.82) is 0 Å². The summed E-state index contributed by atoms with van der Waals surface area (Å²) in [7, 11) is 3.45. The van der Waals surface area contributed by atoms with E-state index in [-0.39, 0.29) is 0 Å². The van der Waals surface area contributed by atoms with Gasteiger partial charge in [-0.3, -0.25) is 0 Å². The molecule has 0 amide bonds. The van der Waals surface area contributed by atoms with E-state index in [2.05, 4.69) is 5.32 Å². The summed E-state index contributed by atoms with van der Waals surface area (Å²) in [6.07, 6.45) is 0. The van der Waals surface area contributed by atoms with Crippen LogP contribution < -0.4 is 10.2 Å². The topological polar surface area (TPSA) is 24.5 Å². The Morgan fingerprint density at radius 1 is 1.00 bits per heavy atom. The first-order chi connectivity index (χ1) is 9.20. The normalized spacial score (nSPS) is 9.79. The van der Waals surface area contributed by atoms with E-state index in [4.69, 9.17) is 17.0 Å². The molecule has 0 radical (unpaired) electrons. The first-order valence-electron chi connectivity index (χ1n) is 5.94. The number of hydrogen-bond acceptors (Lipinski definition) is 3. The Bertz CT molecular complexity index is 540. The number of nitrogens with zero attached hydrogens (tertiary/aromatic N) is 1. The first-order valence-corrected chi connectivity index (χ1v) is 6.35. The number of nitrogens with one attached hydrogen (secondary N) is 1. The molecule has 2 aromatic carbocycles. The Labute approximate surface area is 118 Å². The van der Waals surface area contributed by atoms with Crippen molar-refractivity contribution in [3.8, 4) is 0 Å². The van der Waals surface area contributed by atoms with Gasteiger partial charge in [0.15, 0.2) is 0 Å². The van der Waals surface area contributed by atoms with Gasteiger partial charge in [-0.25, -0.2) is 0 Å². The van der Waals surface area contributed by atoms with E-state index in [1.165, 1.54) is 0 Å². The smallest absolute Gasteiger partial charge is 0.263 e. The molecule has 0 spiro atoms. The predicted octanol–water partition coefficient (Wildman–Crippen LogP) is 3.80. The van der Waals surface area contributed by atoms with E-state index in [0.717, 1.165) is 17.1 Å². The number of anilines is 3. The highest BCUT2D eigenvalue weighted by atomic mass is 32.1. The van der Waals surface area contributed by atoms with Gasteiger partial charge in [0, 0.05) is 24.1 Å². The summed E-state index contributed by atoms with van der Waals surface area (Å²) in [5.74, 6) is 0. The van der Waals surface area contributed by atoms with E-state index >= 15 is 0 Å². The summed E-state index contributed by atoms with van der Waals surface area (Å²) < 4.78 is 5.03. The molecule has 0 saturated heterocycles. The van der Waals surface area contributed by atoms with Crippen LogP contribution in [0.25, 0.3) is 0 Å². The molecule has 0 bridgehead atoms. The molecule has 19 heavy (non-hydrogen) atoms. The average Bonchev–Trinajstić information content (AvgIpc) is 2.47. The monoisotopic (exact) mass is 272 g/mol. The third-order valence-electron chi connectivity index (χ3n) is 2.77. The molecule has 0 aliphatic carbocycles. The number of ether oxygens (including phenoxy) is 1. The van der Waals surface area contributed by atoms with Crippen molar-refractivity contribution in [2.75, 3.05) is 24.4 Å². The Balaban J connectivity index is 2.08. The van der Waals surface area contributed by atoms with Crippen molar-refractivity contribution in [2.24, 2.45) is 0 Å². The second kappa shape index (κ2) is 6.20. The second-order valence-corrected chi connectivity index (χ2v) is 4.42. The van der Waals surface area contributed by atoms with Gasteiger partial charge in [0.1, 0.15) is 0 Å². The van der Waals surface area contributed by atoms with Crippen LogP contribution in [0.2, 0.25) is 0 Å². The van der Waals surface area contributed by atoms with E-state index in [1.54, 1.807) is 7.11 Å². The van der Waals surface area contributed by atoms with Crippen molar-refractivity contribution >= 4 is 34.5 Å². The maximum atomic E-state index is 5.09. The zero-order valence-electron chi connectivity index (χ0n) is 11.0. The van der Waals surface area contributed by atoms with Crippen molar-refractivity contribution in [3.05, 3.63) is 54.6 Å². The minimum absolute atomic E-state index is 0.448. The first kappa shape index (κ1) is 13.4. The van der Waals surface area contributed by atoms with Crippen molar-refractivity contribution in [1.82, 2.24) is 0 Å². The van der Waals surface area contributed by atoms with Crippen LogP contribution in [0.15, 0.2) is 54.6 Å². The zero-order valence-corrected chi connectivity index (χ0v) is 11.8. The summed E-state index contributed by atoms with van der Waals surface area (Å²) in [6.45, 7) is 0. The number of hydrogen-bond donors (Lipinski definition) is 1. The minimum Gasteiger partial charge on any atom is -0.474 e. The Morgan fingerprint density at radius 2 is 1.58 bits per heavy atom. The van der Waals surface area contributed by atoms with Gasteiger partial charge in [-0.1, -0.05) is 18.2 Å². The van der Waals surface area contributed by atoms with Crippen molar-refractivity contribution in [3.63, 3.8) is 0 Å². The van der Waals surface area contributed by atoms with Crippen LogP contribution in [0.4, 0.5) is 17.1 Å². The lowest BCUT2D eigenvalue weighted by atomic mass is 10.2. The van der Waals surface area contributed by atoms with Gasteiger partial charge in [-0.2, -0.15) is 0 Å². The molecule has 2 rings (SSSR count). The SMILES string of the molecule is COC(=S)N(C)c1ccc(Nc2ccccc2)cc1. The van der Waals surface area contributed by atoms with Gasteiger partial charge in [0.25, 0.3) is 5.17 Å². The number of benzene rings is 2. The highest BCUT2D eigenvalue weighted by Crippen LogP contribution is 2.20. The standard InChI is InChI=1S/C15H16N2OS/c1-17(15(19)18-2)14-10-8-13(9-11-14)16-12-6-4-3-5-7-12/h3-11,16H,1-2H3. The molecule has 0 aliphatic rings. The van der Waals surface area contributed by atoms with Crippen LogP contribution in [0.1, 0.15) is 0 Å². The Morgan fingerprint density at radius 3 is 2.16 bits per heavy atom. The van der Waals surface area contributed by atoms with Crippen LogP contribution in [0, 0.1) is 0 Å². The second-order valence-electron chi connectivity index (χ2n) is 4.07. The van der Waals surface area contributed by atoms with Gasteiger partial charge in [-0.05, 0) is 48.6 Å². The quantitative estimate of drug-likeness (QED) is 0.859. The highest BCUT2D eigenvalue weighted by molar-refractivity contribution is 7.80. The summed E-state index contributed by atoms with van der Waals surface area (Å²) in [5.41, 5.74) is 3.09. The van der Waals surface area contributed by atoms with E-state index in [9.17, 15) is 0 Å². The number of methoxy groups -OCH3 is 1. The molecular formula is C15H16N2OS. The largest absolute Gasteiger partial charge is 0.474 e. The molecule has 0 saturated carbocycles. The maximum Gasteiger partial charge on any atom is 0.263 e. The molecule has 1 N–H and O–H groups in total. The third kappa shape index (κ3) is 3.45. The van der Waals surface area contributed by atoms with E-state index in [1.807, 2.05) is 66.5 Å². The summed E-state index contributed by atoms with van der Waals surface area (Å²) in [4.78, 5) is 1.82. The van der Waals surface area contributed by atoms with Crippen LogP contribution >= 0.6 is 12.2 Å². The van der Waals surface area contributed by atoms with E-state index in [0.29, 0.717) is 5.17 Å². The molecule has 0 fully saturated rings. The van der Waals surface area contributed by atoms with Gasteiger partial charge >= 0.3 is 0 Å². The fourth-order valence-corrected chi connectivity index (χ4v) is 1.80. The summed E-state index contributed by atoms with van der Waals surface area (Å²) in [5, 5.41) is 3.78. The Hall–Kier alpha value is -2.07. The van der Waals surface area contributed by atoms with Crippen molar-refractivity contribution in [2.45, 2.75) is 0 Å². The number of thiocarbonyl (C=S) groups is 1. The zero-order chi connectivity index (χ0) is 13.7. The fraction of sp³-hybridized carbons (Fsp3) is 0.133. The number of para-hydroxylation sites is 1. The third-order valence-corrected chi connectivity index (χ3v) is 3.21. The molecule has 0 heterocycles. The van der Waals surface area contributed by atoms with Gasteiger partial charge in [0.2, 0.25) is 0 Å². The molecule has 0 unspecified atom stereocenters. The maximum absolute atomic E-state index is 5.09. The van der Waals surface area contributed by atoms with Gasteiger partial charge < -0.3 is 15.0 Å². The van der Waals surface area contributed by atoms with Crippen molar-refractivity contribution < 1.29 is 4.74 Å². The van der Waals surface area contributed by atoms with Gasteiger partial charge in [-0.15, -0.1) is 0 Å². The number of rotatable bonds is 3. The molecule has 4 heteroatoms. The van der Waals surface area contributed by atoms with Crippen LogP contribution in [-0.4, -0.2) is 19.3 Å². The Kier molecular flexibility index (Phi) is 4.36. The average molecular weight is 272 g/mol. The summed E-state index contributed by atoms with van der Waals surface area (Å²) in [6, 6.07) is 18.1. The van der Waals surface area contributed by atoms with Crippen LogP contribution in [-0.2, 0) is 4.74 Å². The molecule has 0 atom stereocenters.